The van der Waals surface area contributed by atoms with E-state index in [0.29, 0.717) is 24.4 Å². The molecular formula is C26H26ClF2N3O2. The van der Waals surface area contributed by atoms with Gasteiger partial charge in [0.25, 0.3) is 0 Å². The lowest BCUT2D eigenvalue weighted by molar-refractivity contribution is -0.127. The van der Waals surface area contributed by atoms with Gasteiger partial charge in [-0.25, -0.2) is 8.78 Å². The highest BCUT2D eigenvalue weighted by Gasteiger charge is 2.28. The number of rotatable bonds is 8. The number of halogens is 3. The van der Waals surface area contributed by atoms with E-state index in [9.17, 15) is 13.6 Å². The normalized spacial score (nSPS) is 15.6. The molecule has 0 unspecified atom stereocenters. The first-order valence-corrected chi connectivity index (χ1v) is 11.6. The third-order valence-electron chi connectivity index (χ3n) is 5.99. The van der Waals surface area contributed by atoms with Gasteiger partial charge >= 0.3 is 0 Å². The summed E-state index contributed by atoms with van der Waals surface area (Å²) in [7, 11) is 0. The van der Waals surface area contributed by atoms with Gasteiger partial charge in [0.05, 0.1) is 11.7 Å². The summed E-state index contributed by atoms with van der Waals surface area (Å²) in [4.78, 5) is 19.7. The number of hydrogen-bond acceptors (Lipinski definition) is 4. The molecule has 1 N–H and O–H groups in total. The average molecular weight is 486 g/mol. The quantitative estimate of drug-likeness (QED) is 0.487. The number of hydrogen-bond donors (Lipinski definition) is 1. The Balaban J connectivity index is 1.30. The predicted octanol–water partition coefficient (Wildman–Crippen LogP) is 5.01. The number of likely N-dealkylation sites (tertiary alicyclic amines) is 1. The van der Waals surface area contributed by atoms with Gasteiger partial charge in [0, 0.05) is 29.7 Å². The monoisotopic (exact) mass is 485 g/mol. The van der Waals surface area contributed by atoms with Crippen molar-refractivity contribution in [3.63, 3.8) is 0 Å². The zero-order chi connectivity index (χ0) is 23.9. The van der Waals surface area contributed by atoms with Gasteiger partial charge in [-0.2, -0.15) is 0 Å². The highest BCUT2D eigenvalue weighted by atomic mass is 35.5. The number of nitrogens with zero attached hydrogens (tertiary/aromatic N) is 2. The maximum atomic E-state index is 13.7. The number of piperidine rings is 1. The van der Waals surface area contributed by atoms with Crippen molar-refractivity contribution in [3.8, 4) is 5.75 Å². The minimum atomic E-state index is -0.710. The Morgan fingerprint density at radius 1 is 1.12 bits per heavy atom. The van der Waals surface area contributed by atoms with Crippen LogP contribution >= 0.6 is 11.6 Å². The zero-order valence-electron chi connectivity index (χ0n) is 18.6. The topological polar surface area (TPSA) is 54.5 Å². The third kappa shape index (κ3) is 6.30. The van der Waals surface area contributed by atoms with Crippen molar-refractivity contribution in [3.05, 3.63) is 94.8 Å². The summed E-state index contributed by atoms with van der Waals surface area (Å²) in [5, 5.41) is 3.80. The first-order chi connectivity index (χ1) is 16.5. The van der Waals surface area contributed by atoms with Crippen molar-refractivity contribution in [1.29, 1.82) is 0 Å². The molecule has 0 saturated carbocycles. The summed E-state index contributed by atoms with van der Waals surface area (Å²) >= 11 is 6.04. The Bertz CT molecular complexity index is 1090. The maximum Gasteiger partial charge on any atom is 0.224 e. The van der Waals surface area contributed by atoms with E-state index in [2.05, 4.69) is 15.2 Å². The van der Waals surface area contributed by atoms with Crippen LogP contribution in [0.5, 0.6) is 5.75 Å². The molecule has 2 aromatic carbocycles. The van der Waals surface area contributed by atoms with Gasteiger partial charge in [0.1, 0.15) is 12.4 Å². The van der Waals surface area contributed by atoms with Crippen molar-refractivity contribution in [2.75, 3.05) is 26.2 Å². The standard InChI is InChI=1S/C26H26ClF2N3O2/c27-20-6-4-18(5-7-20)25(23-3-1-2-12-30-23)31-26(33)19-10-13-32(14-11-19)15-16-34-24-9-8-21(28)17-22(24)29/h1-9,12,17,19,25H,10-11,13-16H2,(H,31,33)/t25-/m0/s1. The number of nitrogens with one attached hydrogen (secondary N) is 1. The molecule has 34 heavy (non-hydrogen) atoms. The van der Waals surface area contributed by atoms with E-state index in [4.69, 9.17) is 16.3 Å². The fourth-order valence-corrected chi connectivity index (χ4v) is 4.21. The van der Waals surface area contributed by atoms with E-state index < -0.39 is 11.6 Å². The lowest BCUT2D eigenvalue weighted by Crippen LogP contribution is -2.43. The second-order valence-electron chi connectivity index (χ2n) is 8.29. The Kier molecular flexibility index (Phi) is 8.08. The van der Waals surface area contributed by atoms with Crippen molar-refractivity contribution in [2.45, 2.75) is 18.9 Å². The summed E-state index contributed by atoms with van der Waals surface area (Å²) in [6.07, 6.45) is 3.14. The zero-order valence-corrected chi connectivity index (χ0v) is 19.3. The van der Waals surface area contributed by atoms with Crippen molar-refractivity contribution >= 4 is 17.5 Å². The number of ether oxygens (including phenoxy) is 1. The number of aromatic nitrogens is 1. The molecule has 8 heteroatoms. The molecule has 0 bridgehead atoms. The molecule has 1 fully saturated rings. The molecule has 1 aromatic heterocycles. The van der Waals surface area contributed by atoms with Crippen molar-refractivity contribution in [1.82, 2.24) is 15.2 Å². The van der Waals surface area contributed by atoms with Gasteiger partial charge in [0.2, 0.25) is 5.91 Å². The first kappa shape index (κ1) is 24.1. The molecule has 1 amide bonds. The molecule has 1 aliphatic rings. The molecule has 1 aliphatic heterocycles. The summed E-state index contributed by atoms with van der Waals surface area (Å²) in [6.45, 7) is 2.37. The second kappa shape index (κ2) is 11.4. The predicted molar refractivity (Wildman–Crippen MR) is 127 cm³/mol. The SMILES string of the molecule is O=C(N[C@@H](c1ccc(Cl)cc1)c1ccccn1)C1CCN(CCOc2ccc(F)cc2F)CC1. The second-order valence-corrected chi connectivity index (χ2v) is 8.72. The smallest absolute Gasteiger partial charge is 0.224 e. The minimum absolute atomic E-state index is 0.00473. The van der Waals surface area contributed by atoms with Crippen LogP contribution in [0.25, 0.3) is 0 Å². The van der Waals surface area contributed by atoms with Crippen LogP contribution < -0.4 is 10.1 Å². The van der Waals surface area contributed by atoms with Gasteiger partial charge in [-0.3, -0.25) is 14.7 Å². The summed E-state index contributed by atoms with van der Waals surface area (Å²) in [5.74, 6) is -1.41. The molecule has 178 valence electrons. The van der Waals surface area contributed by atoms with E-state index in [1.165, 1.54) is 12.1 Å². The highest BCUT2D eigenvalue weighted by molar-refractivity contribution is 6.30. The van der Waals surface area contributed by atoms with Crippen LogP contribution in [0.4, 0.5) is 8.78 Å². The molecule has 0 spiro atoms. The Hall–Kier alpha value is -3.03. The third-order valence-corrected chi connectivity index (χ3v) is 6.24. The van der Waals surface area contributed by atoms with E-state index >= 15 is 0 Å². The molecule has 2 heterocycles. The molecule has 0 aliphatic carbocycles. The molecule has 4 rings (SSSR count). The Morgan fingerprint density at radius 2 is 1.88 bits per heavy atom. The van der Waals surface area contributed by atoms with Gasteiger partial charge in [-0.15, -0.1) is 0 Å². The van der Waals surface area contributed by atoms with E-state index in [0.717, 1.165) is 30.4 Å². The Labute approximate surface area is 202 Å². The van der Waals surface area contributed by atoms with Crippen LogP contribution in [0.1, 0.15) is 30.1 Å². The molecule has 5 nitrogen and oxygen atoms in total. The summed E-state index contributed by atoms with van der Waals surface area (Å²) in [5.41, 5.74) is 1.68. The maximum absolute atomic E-state index is 13.7. The van der Waals surface area contributed by atoms with Crippen molar-refractivity contribution < 1.29 is 18.3 Å². The lowest BCUT2D eigenvalue weighted by atomic mass is 9.94. The molecular weight excluding hydrogens is 460 g/mol. The van der Waals surface area contributed by atoms with Crippen LogP contribution in [0, 0.1) is 17.6 Å². The largest absolute Gasteiger partial charge is 0.489 e. The fourth-order valence-electron chi connectivity index (χ4n) is 4.09. The number of carbonyl (C=O) groups excluding carboxylic acids is 1. The Morgan fingerprint density at radius 3 is 2.56 bits per heavy atom. The average Bonchev–Trinajstić information content (AvgIpc) is 2.85. The van der Waals surface area contributed by atoms with Gasteiger partial charge < -0.3 is 10.1 Å². The lowest BCUT2D eigenvalue weighted by Gasteiger charge is -2.32. The van der Waals surface area contributed by atoms with Crippen LogP contribution in [0.2, 0.25) is 5.02 Å². The molecule has 1 saturated heterocycles. The van der Waals surface area contributed by atoms with Gasteiger partial charge in [0.15, 0.2) is 11.6 Å². The van der Waals surface area contributed by atoms with Crippen LogP contribution in [-0.4, -0.2) is 42.0 Å². The van der Waals surface area contributed by atoms with E-state index in [-0.39, 0.29) is 30.2 Å². The summed E-state index contributed by atoms with van der Waals surface area (Å²) < 4.78 is 32.1. The van der Waals surface area contributed by atoms with Gasteiger partial charge in [-0.1, -0.05) is 29.8 Å². The first-order valence-electron chi connectivity index (χ1n) is 11.3. The van der Waals surface area contributed by atoms with Crippen molar-refractivity contribution in [2.24, 2.45) is 5.92 Å². The summed E-state index contributed by atoms with van der Waals surface area (Å²) in [6, 6.07) is 15.9. The molecule has 1 atom stereocenters. The number of benzene rings is 2. The minimum Gasteiger partial charge on any atom is -0.489 e. The van der Waals surface area contributed by atoms with E-state index in [1.54, 1.807) is 18.3 Å². The van der Waals surface area contributed by atoms with E-state index in [1.807, 2.05) is 30.3 Å². The number of amides is 1. The number of carbonyl (C=O) groups is 1. The fraction of sp³-hybridized carbons (Fsp3) is 0.308. The molecule has 0 radical (unpaired) electrons. The number of pyridine rings is 1. The molecule has 3 aromatic rings. The van der Waals surface area contributed by atoms with Crippen LogP contribution in [0.3, 0.4) is 0 Å². The van der Waals surface area contributed by atoms with Gasteiger partial charge in [-0.05, 0) is 67.9 Å². The van der Waals surface area contributed by atoms with Crippen LogP contribution in [-0.2, 0) is 4.79 Å². The van der Waals surface area contributed by atoms with Crippen LogP contribution in [0.15, 0.2) is 66.9 Å². The highest BCUT2D eigenvalue weighted by Crippen LogP contribution is 2.25.